The average molecular weight is 128 g/mol. The standard InChI is InChI=1S/C8H16O/c1-6(2)3-7-4-8(9)5-7/h6-9H,3-5H2,1-2H3. The lowest BCUT2D eigenvalue weighted by Gasteiger charge is -2.32. The highest BCUT2D eigenvalue weighted by Crippen LogP contribution is 2.32. The van der Waals surface area contributed by atoms with E-state index in [0.717, 1.165) is 24.7 Å². The van der Waals surface area contributed by atoms with Gasteiger partial charge in [0.2, 0.25) is 0 Å². The van der Waals surface area contributed by atoms with E-state index in [4.69, 9.17) is 5.11 Å². The van der Waals surface area contributed by atoms with Crippen LogP contribution in [0.4, 0.5) is 0 Å². The molecule has 9 heavy (non-hydrogen) atoms. The number of hydrogen-bond donors (Lipinski definition) is 1. The summed E-state index contributed by atoms with van der Waals surface area (Å²) in [7, 11) is 0. The van der Waals surface area contributed by atoms with E-state index >= 15 is 0 Å². The molecule has 1 aliphatic carbocycles. The van der Waals surface area contributed by atoms with Crippen molar-refractivity contribution in [1.82, 2.24) is 0 Å². The van der Waals surface area contributed by atoms with Gasteiger partial charge in [-0.25, -0.2) is 0 Å². The molecule has 1 N–H and O–H groups in total. The van der Waals surface area contributed by atoms with Gasteiger partial charge in [0.25, 0.3) is 0 Å². The molecule has 1 nitrogen and oxygen atoms in total. The first-order valence-corrected chi connectivity index (χ1v) is 3.86. The SMILES string of the molecule is CC(C)CC1CC(O)C1. The van der Waals surface area contributed by atoms with E-state index in [9.17, 15) is 0 Å². The molecule has 0 amide bonds. The van der Waals surface area contributed by atoms with Crippen LogP contribution in [-0.4, -0.2) is 11.2 Å². The minimum atomic E-state index is 0.0359. The van der Waals surface area contributed by atoms with Crippen molar-refractivity contribution in [3.63, 3.8) is 0 Å². The van der Waals surface area contributed by atoms with Crippen molar-refractivity contribution in [2.24, 2.45) is 11.8 Å². The van der Waals surface area contributed by atoms with Crippen LogP contribution in [-0.2, 0) is 0 Å². The average Bonchev–Trinajstić information content (AvgIpc) is 1.60. The Labute approximate surface area is 57.1 Å². The maximum Gasteiger partial charge on any atom is 0.0545 e. The van der Waals surface area contributed by atoms with E-state index in [0.29, 0.717) is 0 Å². The van der Waals surface area contributed by atoms with E-state index in [1.165, 1.54) is 6.42 Å². The summed E-state index contributed by atoms with van der Waals surface area (Å²) in [5.41, 5.74) is 0. The van der Waals surface area contributed by atoms with Gasteiger partial charge in [-0.15, -0.1) is 0 Å². The third-order valence-electron chi connectivity index (χ3n) is 2.02. The maximum absolute atomic E-state index is 8.93. The molecule has 1 rings (SSSR count). The van der Waals surface area contributed by atoms with Crippen LogP contribution < -0.4 is 0 Å². The third kappa shape index (κ3) is 1.98. The molecule has 0 aromatic rings. The fourth-order valence-electron chi connectivity index (χ4n) is 1.56. The molecule has 1 heteroatoms. The predicted molar refractivity (Wildman–Crippen MR) is 38.2 cm³/mol. The van der Waals surface area contributed by atoms with Gasteiger partial charge < -0.3 is 5.11 Å². The van der Waals surface area contributed by atoms with Crippen LogP contribution in [0.5, 0.6) is 0 Å². The number of aliphatic hydroxyl groups is 1. The molecule has 0 spiro atoms. The molecule has 0 aromatic heterocycles. The molecule has 1 aliphatic rings. The minimum absolute atomic E-state index is 0.0359. The summed E-state index contributed by atoms with van der Waals surface area (Å²) in [5, 5.41) is 8.93. The lowest BCUT2D eigenvalue weighted by atomic mass is 9.77. The van der Waals surface area contributed by atoms with E-state index in [-0.39, 0.29) is 6.10 Å². The van der Waals surface area contributed by atoms with E-state index in [1.807, 2.05) is 0 Å². The topological polar surface area (TPSA) is 20.2 Å². The Morgan fingerprint density at radius 3 is 2.33 bits per heavy atom. The zero-order valence-electron chi connectivity index (χ0n) is 6.30. The van der Waals surface area contributed by atoms with Gasteiger partial charge in [0.1, 0.15) is 0 Å². The summed E-state index contributed by atoms with van der Waals surface area (Å²) in [6.07, 6.45) is 3.45. The molecule has 0 atom stereocenters. The molecule has 1 saturated carbocycles. The van der Waals surface area contributed by atoms with E-state index < -0.39 is 0 Å². The Kier molecular flexibility index (Phi) is 2.12. The summed E-state index contributed by atoms with van der Waals surface area (Å²) >= 11 is 0. The Morgan fingerprint density at radius 1 is 1.44 bits per heavy atom. The second-order valence-corrected chi connectivity index (χ2v) is 3.62. The zero-order valence-corrected chi connectivity index (χ0v) is 6.30. The number of rotatable bonds is 2. The largest absolute Gasteiger partial charge is 0.393 e. The lowest BCUT2D eigenvalue weighted by molar-refractivity contribution is 0.0338. The van der Waals surface area contributed by atoms with Crippen LogP contribution in [0, 0.1) is 11.8 Å². The van der Waals surface area contributed by atoms with Crippen molar-refractivity contribution in [3.05, 3.63) is 0 Å². The van der Waals surface area contributed by atoms with Crippen molar-refractivity contribution < 1.29 is 5.11 Å². The van der Waals surface area contributed by atoms with Crippen LogP contribution in [0.15, 0.2) is 0 Å². The van der Waals surface area contributed by atoms with Gasteiger partial charge in [0, 0.05) is 0 Å². The summed E-state index contributed by atoms with van der Waals surface area (Å²) in [5.74, 6) is 1.64. The van der Waals surface area contributed by atoms with Crippen molar-refractivity contribution in [1.29, 1.82) is 0 Å². The molecular formula is C8H16O. The van der Waals surface area contributed by atoms with Crippen molar-refractivity contribution in [2.45, 2.75) is 39.2 Å². The van der Waals surface area contributed by atoms with Crippen LogP contribution in [0.2, 0.25) is 0 Å². The van der Waals surface area contributed by atoms with Gasteiger partial charge in [-0.1, -0.05) is 13.8 Å². The summed E-state index contributed by atoms with van der Waals surface area (Å²) in [4.78, 5) is 0. The fourth-order valence-corrected chi connectivity index (χ4v) is 1.56. The lowest BCUT2D eigenvalue weighted by Crippen LogP contribution is -2.29. The number of aliphatic hydroxyl groups excluding tert-OH is 1. The smallest absolute Gasteiger partial charge is 0.0545 e. The highest BCUT2D eigenvalue weighted by molar-refractivity contribution is 4.78. The van der Waals surface area contributed by atoms with E-state index in [1.54, 1.807) is 0 Å². The molecule has 0 aromatic carbocycles. The normalized spacial score (nSPS) is 34.7. The molecule has 0 heterocycles. The Morgan fingerprint density at radius 2 is 2.00 bits per heavy atom. The molecule has 0 bridgehead atoms. The monoisotopic (exact) mass is 128 g/mol. The second kappa shape index (κ2) is 2.70. The first-order valence-electron chi connectivity index (χ1n) is 3.86. The molecule has 0 aliphatic heterocycles. The van der Waals surface area contributed by atoms with Crippen LogP contribution in [0.25, 0.3) is 0 Å². The molecule has 54 valence electrons. The van der Waals surface area contributed by atoms with Gasteiger partial charge in [-0.2, -0.15) is 0 Å². The van der Waals surface area contributed by atoms with Gasteiger partial charge in [0.15, 0.2) is 0 Å². The Hall–Kier alpha value is -0.0400. The first-order chi connectivity index (χ1) is 4.18. The van der Waals surface area contributed by atoms with Crippen molar-refractivity contribution >= 4 is 0 Å². The zero-order chi connectivity index (χ0) is 6.85. The highest BCUT2D eigenvalue weighted by atomic mass is 16.3. The fraction of sp³-hybridized carbons (Fsp3) is 1.00. The third-order valence-corrected chi connectivity index (χ3v) is 2.02. The van der Waals surface area contributed by atoms with Gasteiger partial charge >= 0.3 is 0 Å². The summed E-state index contributed by atoms with van der Waals surface area (Å²) in [6, 6.07) is 0. The minimum Gasteiger partial charge on any atom is -0.393 e. The first kappa shape index (κ1) is 7.07. The van der Waals surface area contributed by atoms with Gasteiger partial charge in [-0.3, -0.25) is 0 Å². The van der Waals surface area contributed by atoms with Gasteiger partial charge in [-0.05, 0) is 31.1 Å². The molecule has 1 fully saturated rings. The molecular weight excluding hydrogens is 112 g/mol. The van der Waals surface area contributed by atoms with Crippen LogP contribution in [0.1, 0.15) is 33.1 Å². The van der Waals surface area contributed by atoms with Crippen LogP contribution in [0.3, 0.4) is 0 Å². The second-order valence-electron chi connectivity index (χ2n) is 3.62. The summed E-state index contributed by atoms with van der Waals surface area (Å²) < 4.78 is 0. The summed E-state index contributed by atoms with van der Waals surface area (Å²) in [6.45, 7) is 4.48. The van der Waals surface area contributed by atoms with E-state index in [2.05, 4.69) is 13.8 Å². The van der Waals surface area contributed by atoms with Crippen molar-refractivity contribution in [2.75, 3.05) is 0 Å². The quantitative estimate of drug-likeness (QED) is 0.601. The van der Waals surface area contributed by atoms with Crippen molar-refractivity contribution in [3.8, 4) is 0 Å². The maximum atomic E-state index is 8.93. The number of hydrogen-bond acceptors (Lipinski definition) is 1. The van der Waals surface area contributed by atoms with Crippen LogP contribution >= 0.6 is 0 Å². The Bertz CT molecular complexity index is 82.6. The Balaban J connectivity index is 2.04. The molecule has 0 saturated heterocycles. The molecule has 0 unspecified atom stereocenters. The highest BCUT2D eigenvalue weighted by Gasteiger charge is 2.26. The van der Waals surface area contributed by atoms with Gasteiger partial charge in [0.05, 0.1) is 6.10 Å². The predicted octanol–water partition coefficient (Wildman–Crippen LogP) is 1.80. The molecule has 0 radical (unpaired) electrons.